The molecule has 0 aliphatic carbocycles. The molecule has 1 amide bonds. The molecule has 1 saturated heterocycles. The molecule has 0 atom stereocenters. The highest BCUT2D eigenvalue weighted by Gasteiger charge is 2.27. The number of piperidine rings is 1. The molecule has 0 radical (unpaired) electrons. The molecule has 2 aromatic carbocycles. The Balaban J connectivity index is 1.17. The van der Waals surface area contributed by atoms with Crippen molar-refractivity contribution in [2.45, 2.75) is 31.7 Å². The van der Waals surface area contributed by atoms with Gasteiger partial charge in [0.05, 0.1) is 21.8 Å². The lowest BCUT2D eigenvalue weighted by molar-refractivity contribution is -0.133. The van der Waals surface area contributed by atoms with Gasteiger partial charge >= 0.3 is 0 Å². The molecule has 1 fully saturated rings. The predicted molar refractivity (Wildman–Crippen MR) is 114 cm³/mol. The smallest absolute Gasteiger partial charge is 0.237 e. The van der Waals surface area contributed by atoms with Crippen molar-refractivity contribution in [2.75, 3.05) is 26.2 Å². The Labute approximate surface area is 169 Å². The molecule has 144 valence electrons. The summed E-state index contributed by atoms with van der Waals surface area (Å²) in [7, 11) is 0. The molecule has 5 heteroatoms. The van der Waals surface area contributed by atoms with Crippen LogP contribution in [0.25, 0.3) is 10.2 Å². The zero-order valence-corrected chi connectivity index (χ0v) is 16.8. The van der Waals surface area contributed by atoms with E-state index in [4.69, 9.17) is 4.98 Å². The summed E-state index contributed by atoms with van der Waals surface area (Å²) in [5, 5.41) is 1.26. The summed E-state index contributed by atoms with van der Waals surface area (Å²) in [6.45, 7) is 4.12. The third-order valence-electron chi connectivity index (χ3n) is 6.09. The number of likely N-dealkylation sites (tertiary alicyclic amines) is 1. The Bertz CT molecular complexity index is 957. The van der Waals surface area contributed by atoms with Crippen molar-refractivity contribution in [3.8, 4) is 0 Å². The van der Waals surface area contributed by atoms with Gasteiger partial charge in [-0.2, -0.15) is 0 Å². The Morgan fingerprint density at radius 2 is 1.75 bits per heavy atom. The first kappa shape index (κ1) is 17.8. The minimum Gasteiger partial charge on any atom is -0.337 e. The van der Waals surface area contributed by atoms with Gasteiger partial charge in [0.1, 0.15) is 0 Å². The fourth-order valence-corrected chi connectivity index (χ4v) is 5.54. The monoisotopic (exact) mass is 391 g/mol. The highest BCUT2D eigenvalue weighted by molar-refractivity contribution is 7.18. The molecule has 0 unspecified atom stereocenters. The number of rotatable bonds is 3. The van der Waals surface area contributed by atoms with E-state index in [2.05, 4.69) is 53.4 Å². The van der Waals surface area contributed by atoms with Crippen molar-refractivity contribution in [3.63, 3.8) is 0 Å². The van der Waals surface area contributed by atoms with Crippen LogP contribution in [0.1, 0.15) is 34.9 Å². The first-order valence-electron chi connectivity index (χ1n) is 10.2. The van der Waals surface area contributed by atoms with E-state index >= 15 is 0 Å². The number of nitrogens with zero attached hydrogens (tertiary/aromatic N) is 3. The van der Waals surface area contributed by atoms with Crippen LogP contribution in [-0.4, -0.2) is 46.9 Å². The van der Waals surface area contributed by atoms with Gasteiger partial charge in [-0.15, -0.1) is 11.3 Å². The molecule has 1 aromatic heterocycles. The fraction of sp³-hybridized carbons (Fsp3) is 0.391. The zero-order valence-electron chi connectivity index (χ0n) is 16.0. The minimum absolute atomic E-state index is 0.271. The summed E-state index contributed by atoms with van der Waals surface area (Å²) >= 11 is 1.83. The van der Waals surface area contributed by atoms with E-state index in [0.717, 1.165) is 51.0 Å². The maximum Gasteiger partial charge on any atom is 0.237 e. The average Bonchev–Trinajstić information content (AvgIpc) is 3.18. The molecule has 2 aliphatic heterocycles. The standard InChI is InChI=1S/C23H25N3OS/c27-22(26-14-11-17-5-1-2-6-19(17)15-26)16-25-12-9-18(10-13-25)23-24-20-7-3-4-8-21(20)28-23/h1-8,18H,9-16H2. The van der Waals surface area contributed by atoms with Gasteiger partial charge < -0.3 is 4.90 Å². The lowest BCUT2D eigenvalue weighted by atomic mass is 9.97. The van der Waals surface area contributed by atoms with E-state index in [0.29, 0.717) is 12.5 Å². The second kappa shape index (κ2) is 7.64. The number of aromatic nitrogens is 1. The van der Waals surface area contributed by atoms with Crippen LogP contribution in [0.3, 0.4) is 0 Å². The molecule has 0 N–H and O–H groups in total. The first-order valence-corrected chi connectivity index (χ1v) is 11.0. The number of fused-ring (bicyclic) bond motifs is 2. The number of para-hydroxylation sites is 1. The molecule has 3 heterocycles. The first-order chi connectivity index (χ1) is 13.8. The van der Waals surface area contributed by atoms with Crippen molar-refractivity contribution >= 4 is 27.5 Å². The van der Waals surface area contributed by atoms with Gasteiger partial charge in [0, 0.05) is 19.0 Å². The van der Waals surface area contributed by atoms with Crippen LogP contribution >= 0.6 is 11.3 Å². The van der Waals surface area contributed by atoms with Crippen molar-refractivity contribution in [3.05, 3.63) is 64.7 Å². The Morgan fingerprint density at radius 3 is 2.57 bits per heavy atom. The highest BCUT2D eigenvalue weighted by Crippen LogP contribution is 2.33. The third-order valence-corrected chi connectivity index (χ3v) is 7.29. The van der Waals surface area contributed by atoms with Crippen LogP contribution in [0.5, 0.6) is 0 Å². The fourth-order valence-electron chi connectivity index (χ4n) is 4.40. The van der Waals surface area contributed by atoms with Gasteiger partial charge in [-0.25, -0.2) is 4.98 Å². The van der Waals surface area contributed by atoms with Crippen LogP contribution in [0.4, 0.5) is 0 Å². The number of thiazole rings is 1. The number of carbonyl (C=O) groups excluding carboxylic acids is 1. The van der Waals surface area contributed by atoms with Crippen LogP contribution < -0.4 is 0 Å². The van der Waals surface area contributed by atoms with E-state index in [9.17, 15) is 4.79 Å². The second-order valence-electron chi connectivity index (χ2n) is 7.90. The molecule has 5 rings (SSSR count). The van der Waals surface area contributed by atoms with E-state index in [1.165, 1.54) is 20.8 Å². The topological polar surface area (TPSA) is 36.4 Å². The van der Waals surface area contributed by atoms with Crippen LogP contribution in [0, 0.1) is 0 Å². The molecular formula is C23H25N3OS. The van der Waals surface area contributed by atoms with E-state index in [1.54, 1.807) is 0 Å². The quantitative estimate of drug-likeness (QED) is 0.676. The summed E-state index contributed by atoms with van der Waals surface area (Å²) in [5.41, 5.74) is 3.81. The number of hydrogen-bond donors (Lipinski definition) is 0. The molecule has 2 aliphatic rings. The molecule has 0 bridgehead atoms. The minimum atomic E-state index is 0.271. The molecular weight excluding hydrogens is 366 g/mol. The summed E-state index contributed by atoms with van der Waals surface area (Å²) in [6, 6.07) is 16.9. The number of hydrogen-bond acceptors (Lipinski definition) is 4. The van der Waals surface area contributed by atoms with Crippen LogP contribution in [0.2, 0.25) is 0 Å². The van der Waals surface area contributed by atoms with Crippen LogP contribution in [0.15, 0.2) is 48.5 Å². The molecule has 4 nitrogen and oxygen atoms in total. The van der Waals surface area contributed by atoms with Crippen molar-refractivity contribution in [2.24, 2.45) is 0 Å². The van der Waals surface area contributed by atoms with Gasteiger partial charge in [0.2, 0.25) is 5.91 Å². The largest absolute Gasteiger partial charge is 0.337 e. The van der Waals surface area contributed by atoms with Crippen LogP contribution in [-0.2, 0) is 17.8 Å². The summed E-state index contributed by atoms with van der Waals surface area (Å²) in [4.78, 5) is 22.0. The van der Waals surface area contributed by atoms with Gasteiger partial charge in [0.15, 0.2) is 0 Å². The van der Waals surface area contributed by atoms with Crippen molar-refractivity contribution in [1.82, 2.24) is 14.8 Å². The molecule has 0 saturated carbocycles. The lowest BCUT2D eigenvalue weighted by Gasteiger charge is -2.34. The highest BCUT2D eigenvalue weighted by atomic mass is 32.1. The normalized spacial score (nSPS) is 18.4. The second-order valence-corrected chi connectivity index (χ2v) is 8.97. The number of carbonyl (C=O) groups is 1. The van der Waals surface area contributed by atoms with Gasteiger partial charge in [0.25, 0.3) is 0 Å². The number of benzene rings is 2. The Morgan fingerprint density at radius 1 is 1.00 bits per heavy atom. The SMILES string of the molecule is O=C(CN1CCC(c2nc3ccccc3s2)CC1)N1CCc2ccccc2C1. The molecule has 3 aromatic rings. The molecule has 0 spiro atoms. The molecule has 28 heavy (non-hydrogen) atoms. The summed E-state index contributed by atoms with van der Waals surface area (Å²) in [5.74, 6) is 0.804. The predicted octanol–water partition coefficient (Wildman–Crippen LogP) is 4.06. The summed E-state index contributed by atoms with van der Waals surface area (Å²) in [6.07, 6.45) is 3.16. The Hall–Kier alpha value is -2.24. The number of amides is 1. The van der Waals surface area contributed by atoms with E-state index in [1.807, 2.05) is 16.2 Å². The van der Waals surface area contributed by atoms with Crippen molar-refractivity contribution < 1.29 is 4.79 Å². The van der Waals surface area contributed by atoms with E-state index < -0.39 is 0 Å². The average molecular weight is 392 g/mol. The maximum absolute atomic E-state index is 12.8. The van der Waals surface area contributed by atoms with Gasteiger partial charge in [-0.3, -0.25) is 9.69 Å². The van der Waals surface area contributed by atoms with Gasteiger partial charge in [-0.1, -0.05) is 36.4 Å². The lowest BCUT2D eigenvalue weighted by Crippen LogP contribution is -2.44. The Kier molecular flexibility index (Phi) is 4.87. The summed E-state index contributed by atoms with van der Waals surface area (Å²) < 4.78 is 1.28. The zero-order chi connectivity index (χ0) is 18.9. The third kappa shape index (κ3) is 3.56. The van der Waals surface area contributed by atoms with Gasteiger partial charge in [-0.05, 0) is 55.6 Å². The maximum atomic E-state index is 12.8. The van der Waals surface area contributed by atoms with E-state index in [-0.39, 0.29) is 5.91 Å². The van der Waals surface area contributed by atoms with Crippen molar-refractivity contribution in [1.29, 1.82) is 0 Å².